The van der Waals surface area contributed by atoms with Crippen molar-refractivity contribution in [1.82, 2.24) is 21.4 Å². The van der Waals surface area contributed by atoms with Crippen LogP contribution < -0.4 is 21.4 Å². The molecule has 0 saturated heterocycles. The average molecular weight is 567 g/mol. The number of carbonyl (C=O) groups is 5. The fourth-order valence-corrected chi connectivity index (χ4v) is 4.59. The van der Waals surface area contributed by atoms with Gasteiger partial charge in [0.2, 0.25) is 23.6 Å². The summed E-state index contributed by atoms with van der Waals surface area (Å²) in [6.45, 7) is 1.59. The summed E-state index contributed by atoms with van der Waals surface area (Å²) in [5.41, 5.74) is 4.95. The second-order valence-corrected chi connectivity index (χ2v) is 10.0. The summed E-state index contributed by atoms with van der Waals surface area (Å²) in [6.07, 6.45) is 2.64. The van der Waals surface area contributed by atoms with E-state index in [2.05, 4.69) is 21.4 Å². The molecule has 0 aliphatic carbocycles. The fraction of sp³-hybridized carbons (Fsp3) is 0.433. The Morgan fingerprint density at radius 2 is 1.63 bits per heavy atom. The van der Waals surface area contributed by atoms with Gasteiger partial charge in [-0.1, -0.05) is 67.4 Å². The summed E-state index contributed by atoms with van der Waals surface area (Å²) in [6, 6.07) is 14.0. The maximum Gasteiger partial charge on any atom is 0.328 e. The van der Waals surface area contributed by atoms with Gasteiger partial charge in [-0.3, -0.25) is 24.0 Å². The summed E-state index contributed by atoms with van der Waals surface area (Å²) in [7, 11) is 1.25. The smallest absolute Gasteiger partial charge is 0.328 e. The van der Waals surface area contributed by atoms with Crippen molar-refractivity contribution >= 4 is 29.6 Å². The average Bonchev–Trinajstić information content (AvgIpc) is 2.95. The molecule has 0 radical (unpaired) electrons. The molecule has 3 rings (SSSR count). The maximum atomic E-state index is 13.3. The van der Waals surface area contributed by atoms with Crippen LogP contribution in [0.1, 0.15) is 55.7 Å². The molecule has 0 fully saturated rings. The van der Waals surface area contributed by atoms with Crippen molar-refractivity contribution in [2.24, 2.45) is 0 Å². The quantitative estimate of drug-likeness (QED) is 0.183. The Hall–Kier alpha value is -4.25. The first kappa shape index (κ1) is 31.3. The van der Waals surface area contributed by atoms with Gasteiger partial charge in [0, 0.05) is 26.2 Å². The molecule has 0 unspecified atom stereocenters. The first-order chi connectivity index (χ1) is 19.7. The number of hydroxylamine groups is 1. The van der Waals surface area contributed by atoms with Gasteiger partial charge in [-0.2, -0.15) is 0 Å². The number of benzene rings is 2. The minimum absolute atomic E-state index is 0.208. The van der Waals surface area contributed by atoms with Gasteiger partial charge in [0.25, 0.3) is 0 Å². The number of unbranched alkanes of at least 4 members (excludes halogenated alkanes) is 2. The molecule has 4 amide bonds. The molecule has 2 bridgehead atoms. The number of methoxy groups -OCH3 is 1. The van der Waals surface area contributed by atoms with Crippen LogP contribution >= 0.6 is 0 Å². The second kappa shape index (κ2) is 16.1. The van der Waals surface area contributed by atoms with Crippen LogP contribution in [0.3, 0.4) is 0 Å². The van der Waals surface area contributed by atoms with Gasteiger partial charge in [0.15, 0.2) is 0 Å². The summed E-state index contributed by atoms with van der Waals surface area (Å²) < 4.78 is 4.90. The fourth-order valence-electron chi connectivity index (χ4n) is 4.59. The second-order valence-electron chi connectivity index (χ2n) is 10.0. The van der Waals surface area contributed by atoms with Crippen LogP contribution in [0.4, 0.5) is 0 Å². The molecule has 11 nitrogen and oxygen atoms in total. The molecule has 0 spiro atoms. The molecule has 0 saturated carbocycles. The van der Waals surface area contributed by atoms with Crippen molar-refractivity contribution in [2.45, 2.75) is 76.6 Å². The number of hydrogen-bond donors (Lipinski definition) is 4. The van der Waals surface area contributed by atoms with Gasteiger partial charge in [-0.15, -0.1) is 0 Å². The number of carbonyl (C=O) groups excluding carboxylic acids is 5. The molecule has 1 aliphatic heterocycles. The van der Waals surface area contributed by atoms with E-state index < -0.39 is 35.9 Å². The summed E-state index contributed by atoms with van der Waals surface area (Å²) in [5.74, 6) is -2.25. The molecule has 41 heavy (non-hydrogen) atoms. The Bertz CT molecular complexity index is 1190. The van der Waals surface area contributed by atoms with Crippen molar-refractivity contribution in [1.29, 1.82) is 0 Å². The highest BCUT2D eigenvalue weighted by atomic mass is 16.6. The van der Waals surface area contributed by atoms with E-state index in [1.165, 1.54) is 14.0 Å². The zero-order chi connectivity index (χ0) is 29.6. The van der Waals surface area contributed by atoms with Crippen LogP contribution in [-0.2, 0) is 53.0 Å². The Labute approximate surface area is 239 Å². The van der Waals surface area contributed by atoms with Gasteiger partial charge >= 0.3 is 5.97 Å². The molecule has 1 heterocycles. The highest BCUT2D eigenvalue weighted by Crippen LogP contribution is 2.14. The van der Waals surface area contributed by atoms with Crippen molar-refractivity contribution in [3.8, 4) is 0 Å². The van der Waals surface area contributed by atoms with Crippen LogP contribution in [0.15, 0.2) is 54.6 Å². The Kier molecular flexibility index (Phi) is 12.3. The van der Waals surface area contributed by atoms with Crippen LogP contribution in [0.2, 0.25) is 0 Å². The Balaban J connectivity index is 1.59. The van der Waals surface area contributed by atoms with Gasteiger partial charge in [0.1, 0.15) is 18.1 Å². The molecule has 11 heteroatoms. The largest absolute Gasteiger partial charge is 0.467 e. The number of amides is 4. The van der Waals surface area contributed by atoms with Crippen molar-refractivity contribution in [3.05, 3.63) is 71.3 Å². The lowest BCUT2D eigenvalue weighted by molar-refractivity contribution is -0.145. The minimum Gasteiger partial charge on any atom is -0.467 e. The monoisotopic (exact) mass is 566 g/mol. The molecular weight excluding hydrogens is 528 g/mol. The van der Waals surface area contributed by atoms with E-state index >= 15 is 0 Å². The van der Waals surface area contributed by atoms with E-state index in [4.69, 9.17) is 9.57 Å². The molecule has 3 atom stereocenters. The minimum atomic E-state index is -0.952. The lowest BCUT2D eigenvalue weighted by atomic mass is 9.97. The first-order valence-corrected chi connectivity index (χ1v) is 13.7. The van der Waals surface area contributed by atoms with Gasteiger partial charge in [-0.25, -0.2) is 10.3 Å². The lowest BCUT2D eigenvalue weighted by Crippen LogP contribution is -2.56. The molecule has 0 aromatic heterocycles. The highest BCUT2D eigenvalue weighted by molar-refractivity contribution is 5.93. The Morgan fingerprint density at radius 3 is 2.34 bits per heavy atom. The van der Waals surface area contributed by atoms with E-state index in [0.717, 1.165) is 16.7 Å². The number of rotatable bonds is 11. The Morgan fingerprint density at radius 1 is 0.902 bits per heavy atom. The molecule has 220 valence electrons. The number of ether oxygens (including phenoxy) is 1. The van der Waals surface area contributed by atoms with Crippen LogP contribution in [0.25, 0.3) is 0 Å². The molecule has 1 aliphatic rings. The third-order valence-corrected chi connectivity index (χ3v) is 6.66. The van der Waals surface area contributed by atoms with Crippen molar-refractivity contribution in [2.75, 3.05) is 7.11 Å². The van der Waals surface area contributed by atoms with E-state index in [1.807, 2.05) is 48.5 Å². The lowest BCUT2D eigenvalue weighted by Gasteiger charge is -2.26. The van der Waals surface area contributed by atoms with E-state index in [-0.39, 0.29) is 44.1 Å². The van der Waals surface area contributed by atoms with Gasteiger partial charge in [-0.05, 0) is 29.5 Å². The number of hydrogen-bond acceptors (Lipinski definition) is 7. The number of fused-ring (bicyclic) bond motifs is 2. The molecule has 4 N–H and O–H groups in total. The maximum absolute atomic E-state index is 13.3. The van der Waals surface area contributed by atoms with Crippen LogP contribution in [-0.4, -0.2) is 54.8 Å². The molecule has 2 aromatic carbocycles. The highest BCUT2D eigenvalue weighted by Gasteiger charge is 2.30. The van der Waals surface area contributed by atoms with Crippen LogP contribution in [0.5, 0.6) is 0 Å². The van der Waals surface area contributed by atoms with E-state index in [0.29, 0.717) is 19.3 Å². The molecule has 2 aromatic rings. The predicted octanol–water partition coefficient (Wildman–Crippen LogP) is 1.63. The predicted molar refractivity (Wildman–Crippen MR) is 150 cm³/mol. The third kappa shape index (κ3) is 10.7. The van der Waals surface area contributed by atoms with Gasteiger partial charge < -0.3 is 20.7 Å². The van der Waals surface area contributed by atoms with Crippen molar-refractivity contribution < 1.29 is 33.5 Å². The summed E-state index contributed by atoms with van der Waals surface area (Å²) in [5, 5.41) is 8.14. The first-order valence-electron chi connectivity index (χ1n) is 13.7. The standard InChI is InChI=1S/C30H38N4O7/c1-20(35)31-25-17-22-12-9-13-23(16-22)18-26(30(39)40-2)33-28(37)24(32-29(25)38)14-7-4-8-15-27(36)34-41-19-21-10-5-3-6-11-21/h3,5-6,9-13,16,24-26H,4,7-8,14-15,17-19H2,1-2H3,(H,31,35)(H,32,38)(H,33,37)(H,34,36)/t24-,25-,26-/m0/s1. The topological polar surface area (TPSA) is 152 Å². The number of nitrogens with one attached hydrogen (secondary N) is 4. The zero-order valence-corrected chi connectivity index (χ0v) is 23.4. The van der Waals surface area contributed by atoms with Crippen LogP contribution in [0, 0.1) is 0 Å². The third-order valence-electron chi connectivity index (χ3n) is 6.66. The zero-order valence-electron chi connectivity index (χ0n) is 23.4. The van der Waals surface area contributed by atoms with Gasteiger partial charge in [0.05, 0.1) is 13.7 Å². The van der Waals surface area contributed by atoms with Crippen molar-refractivity contribution in [3.63, 3.8) is 0 Å². The molecular formula is C30H38N4O7. The normalized spacial score (nSPS) is 19.0. The van der Waals surface area contributed by atoms with E-state index in [1.54, 1.807) is 6.07 Å². The van der Waals surface area contributed by atoms with E-state index in [9.17, 15) is 24.0 Å². The SMILES string of the molecule is COC(=O)[C@@H]1Cc2cccc(c2)C[C@H](NC(C)=O)C(=O)N[C@@H](CCCCCC(=O)NOCc2ccccc2)C(=O)N1. The number of esters is 1. The summed E-state index contributed by atoms with van der Waals surface area (Å²) in [4.78, 5) is 68.1. The summed E-state index contributed by atoms with van der Waals surface area (Å²) >= 11 is 0.